The Kier molecular flexibility index (Phi) is 4.24. The summed E-state index contributed by atoms with van der Waals surface area (Å²) in [6.45, 7) is 6.82. The van der Waals surface area contributed by atoms with Crippen LogP contribution in [0.5, 0.6) is 0 Å². The molecule has 106 valence electrons. The molecule has 1 rings (SSSR count). The van der Waals surface area contributed by atoms with Crippen LogP contribution in [0.15, 0.2) is 0 Å². The van der Waals surface area contributed by atoms with Crippen molar-refractivity contribution in [1.29, 1.82) is 0 Å². The molecule has 8 heteroatoms. The number of nitrogens with zero attached hydrogens (tertiary/aromatic N) is 1. The smallest absolute Gasteiger partial charge is 0.422 e. The van der Waals surface area contributed by atoms with Gasteiger partial charge in [-0.05, 0) is 19.8 Å². The second kappa shape index (κ2) is 5.02. The summed E-state index contributed by atoms with van der Waals surface area (Å²) < 4.78 is 30.9. The molecular formula is C10H20N2O5S. The molecule has 0 aliphatic carbocycles. The molecule has 1 aliphatic rings. The van der Waals surface area contributed by atoms with Gasteiger partial charge < -0.3 is 9.84 Å². The third-order valence-electron chi connectivity index (χ3n) is 2.87. The van der Waals surface area contributed by atoms with Gasteiger partial charge in [0.25, 0.3) is 0 Å². The van der Waals surface area contributed by atoms with Gasteiger partial charge in [0.15, 0.2) is 0 Å². The largest absolute Gasteiger partial charge is 0.446 e. The summed E-state index contributed by atoms with van der Waals surface area (Å²) in [5, 5.41) is 9.95. The third-order valence-corrected chi connectivity index (χ3v) is 4.23. The van der Waals surface area contributed by atoms with Gasteiger partial charge in [-0.2, -0.15) is 12.7 Å². The quantitative estimate of drug-likeness (QED) is 0.759. The second-order valence-electron chi connectivity index (χ2n) is 5.09. The lowest BCUT2D eigenvalue weighted by molar-refractivity contribution is -0.0936. The highest BCUT2D eigenvalue weighted by molar-refractivity contribution is 7.87. The fourth-order valence-corrected chi connectivity index (χ4v) is 2.68. The minimum absolute atomic E-state index is 0.0189. The first-order chi connectivity index (χ1) is 8.07. The predicted molar refractivity (Wildman–Crippen MR) is 65.0 cm³/mol. The van der Waals surface area contributed by atoms with Crippen molar-refractivity contribution in [3.05, 3.63) is 0 Å². The summed E-state index contributed by atoms with van der Waals surface area (Å²) in [7, 11) is -3.92. The van der Waals surface area contributed by atoms with Gasteiger partial charge in [0, 0.05) is 13.1 Å². The Morgan fingerprint density at radius 1 is 1.33 bits per heavy atom. The third kappa shape index (κ3) is 3.33. The Labute approximate surface area is 107 Å². The first kappa shape index (κ1) is 15.2. The number of amides is 1. The van der Waals surface area contributed by atoms with E-state index in [1.165, 1.54) is 0 Å². The number of nitrogens with one attached hydrogen (secondary N) is 1. The van der Waals surface area contributed by atoms with Crippen LogP contribution in [-0.2, 0) is 14.9 Å². The SMILES string of the molecule is CC(C)OC(=O)NS(=O)(=O)N1CC(O)(C(C)C)C1. The standard InChI is InChI=1S/C10H20N2O5S/c1-7(2)10(14)5-12(6-10)18(15,16)11-9(13)17-8(3)4/h7-8,14H,5-6H2,1-4H3,(H,11,13). The molecule has 1 amide bonds. The van der Waals surface area contributed by atoms with Crippen molar-refractivity contribution in [1.82, 2.24) is 9.03 Å². The van der Waals surface area contributed by atoms with Crippen molar-refractivity contribution < 1.29 is 23.1 Å². The number of aliphatic hydroxyl groups is 1. The molecule has 0 saturated carbocycles. The van der Waals surface area contributed by atoms with Crippen molar-refractivity contribution in [2.75, 3.05) is 13.1 Å². The number of hydrogen-bond donors (Lipinski definition) is 2. The summed E-state index contributed by atoms with van der Waals surface area (Å²) in [5.41, 5.74) is -1.02. The molecule has 7 nitrogen and oxygen atoms in total. The Balaban J connectivity index is 2.56. The summed E-state index contributed by atoms with van der Waals surface area (Å²) in [5.74, 6) is -0.0495. The van der Waals surface area contributed by atoms with Crippen LogP contribution in [0.1, 0.15) is 27.7 Å². The highest BCUT2D eigenvalue weighted by Gasteiger charge is 2.49. The fraction of sp³-hybridized carbons (Fsp3) is 0.900. The van der Waals surface area contributed by atoms with Gasteiger partial charge in [-0.3, -0.25) is 0 Å². The lowest BCUT2D eigenvalue weighted by Gasteiger charge is -2.47. The van der Waals surface area contributed by atoms with E-state index >= 15 is 0 Å². The molecule has 1 aliphatic heterocycles. The summed E-state index contributed by atoms with van der Waals surface area (Å²) >= 11 is 0. The first-order valence-corrected chi connectivity index (χ1v) is 7.22. The maximum Gasteiger partial charge on any atom is 0.422 e. The Morgan fingerprint density at radius 2 is 1.83 bits per heavy atom. The summed E-state index contributed by atoms with van der Waals surface area (Å²) in [4.78, 5) is 11.2. The maximum atomic E-state index is 11.7. The van der Waals surface area contributed by atoms with Crippen molar-refractivity contribution in [3.8, 4) is 0 Å². The predicted octanol–water partition coefficient (Wildman–Crippen LogP) is 0.0685. The van der Waals surface area contributed by atoms with E-state index in [9.17, 15) is 18.3 Å². The normalized spacial score (nSPS) is 19.7. The minimum Gasteiger partial charge on any atom is -0.446 e. The number of rotatable bonds is 4. The number of carbonyl (C=O) groups excluding carboxylic acids is 1. The molecule has 0 radical (unpaired) electrons. The average Bonchev–Trinajstić information content (AvgIpc) is 2.09. The highest BCUT2D eigenvalue weighted by Crippen LogP contribution is 2.30. The molecule has 0 aromatic rings. The van der Waals surface area contributed by atoms with Gasteiger partial charge in [0.2, 0.25) is 0 Å². The molecule has 0 spiro atoms. The maximum absolute atomic E-state index is 11.7. The topological polar surface area (TPSA) is 95.9 Å². The molecule has 18 heavy (non-hydrogen) atoms. The number of ether oxygens (including phenoxy) is 1. The van der Waals surface area contributed by atoms with E-state index in [4.69, 9.17) is 0 Å². The van der Waals surface area contributed by atoms with Crippen molar-refractivity contribution in [2.24, 2.45) is 5.92 Å². The van der Waals surface area contributed by atoms with Crippen LogP contribution in [0, 0.1) is 5.92 Å². The van der Waals surface area contributed by atoms with E-state index in [1.54, 1.807) is 18.6 Å². The summed E-state index contributed by atoms with van der Waals surface area (Å²) in [6, 6.07) is 0. The van der Waals surface area contributed by atoms with Crippen LogP contribution in [0.25, 0.3) is 0 Å². The Hall–Kier alpha value is -0.860. The van der Waals surface area contributed by atoms with Gasteiger partial charge in [-0.15, -0.1) is 0 Å². The summed E-state index contributed by atoms with van der Waals surface area (Å²) in [6.07, 6.45) is -1.41. The van der Waals surface area contributed by atoms with Gasteiger partial charge in [0.1, 0.15) is 0 Å². The van der Waals surface area contributed by atoms with Gasteiger partial charge in [-0.25, -0.2) is 9.52 Å². The van der Waals surface area contributed by atoms with Crippen LogP contribution in [0.2, 0.25) is 0 Å². The molecule has 0 unspecified atom stereocenters. The van der Waals surface area contributed by atoms with Crippen LogP contribution in [0.3, 0.4) is 0 Å². The Morgan fingerprint density at radius 3 is 2.22 bits per heavy atom. The second-order valence-corrected chi connectivity index (χ2v) is 6.76. The number of β-amino-alcohol motifs (C(OH)–C–C–N with tert-alkyl or cyclic N) is 1. The van der Waals surface area contributed by atoms with E-state index < -0.39 is 28.0 Å². The van der Waals surface area contributed by atoms with Gasteiger partial charge in [-0.1, -0.05) is 13.8 Å². The van der Waals surface area contributed by atoms with Gasteiger partial charge >= 0.3 is 16.3 Å². The average molecular weight is 280 g/mol. The molecule has 1 fully saturated rings. The van der Waals surface area contributed by atoms with E-state index in [2.05, 4.69) is 4.74 Å². The van der Waals surface area contributed by atoms with Crippen LogP contribution < -0.4 is 4.72 Å². The lowest BCUT2D eigenvalue weighted by atomic mass is 9.85. The molecule has 2 N–H and O–H groups in total. The zero-order chi connectivity index (χ0) is 14.1. The van der Waals surface area contributed by atoms with Crippen molar-refractivity contribution in [2.45, 2.75) is 39.4 Å². The van der Waals surface area contributed by atoms with E-state index in [0.717, 1.165) is 4.31 Å². The zero-order valence-electron chi connectivity index (χ0n) is 11.0. The first-order valence-electron chi connectivity index (χ1n) is 5.78. The minimum atomic E-state index is -3.92. The molecule has 1 heterocycles. The highest BCUT2D eigenvalue weighted by atomic mass is 32.2. The molecule has 0 aromatic heterocycles. The van der Waals surface area contributed by atoms with E-state index in [-0.39, 0.29) is 19.0 Å². The molecule has 0 atom stereocenters. The Bertz CT molecular complexity index is 412. The van der Waals surface area contributed by atoms with Crippen LogP contribution in [0.4, 0.5) is 4.79 Å². The molecular weight excluding hydrogens is 260 g/mol. The zero-order valence-corrected chi connectivity index (χ0v) is 11.8. The fourth-order valence-electron chi connectivity index (χ4n) is 1.51. The van der Waals surface area contributed by atoms with Crippen molar-refractivity contribution in [3.63, 3.8) is 0 Å². The molecule has 0 bridgehead atoms. The van der Waals surface area contributed by atoms with E-state index in [0.29, 0.717) is 0 Å². The van der Waals surface area contributed by atoms with E-state index in [1.807, 2.05) is 13.8 Å². The lowest BCUT2D eigenvalue weighted by Crippen LogP contribution is -2.67. The van der Waals surface area contributed by atoms with Crippen LogP contribution in [-0.4, -0.2) is 48.7 Å². The van der Waals surface area contributed by atoms with Crippen molar-refractivity contribution >= 4 is 16.3 Å². The molecule has 0 aromatic carbocycles. The van der Waals surface area contributed by atoms with Gasteiger partial charge in [0.05, 0.1) is 11.7 Å². The number of hydrogen-bond acceptors (Lipinski definition) is 5. The van der Waals surface area contributed by atoms with Crippen LogP contribution >= 0.6 is 0 Å². The molecule has 1 saturated heterocycles. The number of carbonyl (C=O) groups is 1. The monoisotopic (exact) mass is 280 g/mol.